The Balaban J connectivity index is 1.42. The minimum Gasteiger partial charge on any atom is -0.337 e. The van der Waals surface area contributed by atoms with Gasteiger partial charge in [-0.1, -0.05) is 42.5 Å². The summed E-state index contributed by atoms with van der Waals surface area (Å²) in [4.78, 5) is 33.1. The lowest BCUT2D eigenvalue weighted by atomic mass is 10.0. The molecule has 0 bridgehead atoms. The van der Waals surface area contributed by atoms with E-state index in [1.165, 1.54) is 0 Å². The molecule has 0 atom stereocenters. The Morgan fingerprint density at radius 3 is 2.24 bits per heavy atom. The van der Waals surface area contributed by atoms with Gasteiger partial charge in [-0.05, 0) is 41.0 Å². The van der Waals surface area contributed by atoms with Crippen molar-refractivity contribution >= 4 is 11.8 Å². The van der Waals surface area contributed by atoms with Gasteiger partial charge in [-0.15, -0.1) is 0 Å². The molecule has 5 heteroatoms. The largest absolute Gasteiger partial charge is 0.337 e. The molecular formula is C24H23N3O2. The maximum atomic E-state index is 13.0. The third-order valence-electron chi connectivity index (χ3n) is 5.24. The molecule has 0 unspecified atom stereocenters. The van der Waals surface area contributed by atoms with E-state index in [0.717, 1.165) is 16.7 Å². The predicted molar refractivity (Wildman–Crippen MR) is 112 cm³/mol. The van der Waals surface area contributed by atoms with Crippen LogP contribution in [0.15, 0.2) is 79.1 Å². The van der Waals surface area contributed by atoms with E-state index in [-0.39, 0.29) is 11.8 Å². The van der Waals surface area contributed by atoms with Crippen molar-refractivity contribution in [1.82, 2.24) is 14.8 Å². The van der Waals surface area contributed by atoms with E-state index in [1.807, 2.05) is 59.5 Å². The van der Waals surface area contributed by atoms with Crippen LogP contribution in [0.5, 0.6) is 0 Å². The van der Waals surface area contributed by atoms with E-state index in [2.05, 4.69) is 17.1 Å². The van der Waals surface area contributed by atoms with E-state index in [0.29, 0.717) is 38.2 Å². The number of hydrogen-bond donors (Lipinski definition) is 0. The molecule has 29 heavy (non-hydrogen) atoms. The first-order valence-electron chi connectivity index (χ1n) is 9.82. The van der Waals surface area contributed by atoms with Gasteiger partial charge in [0.2, 0.25) is 5.91 Å². The lowest BCUT2D eigenvalue weighted by Gasteiger charge is -2.22. The Morgan fingerprint density at radius 2 is 1.52 bits per heavy atom. The quantitative estimate of drug-likeness (QED) is 0.689. The molecule has 0 saturated carbocycles. The zero-order chi connectivity index (χ0) is 20.1. The zero-order valence-corrected chi connectivity index (χ0v) is 16.2. The van der Waals surface area contributed by atoms with E-state index >= 15 is 0 Å². The van der Waals surface area contributed by atoms with Gasteiger partial charge in [0.1, 0.15) is 0 Å². The fraction of sp³-hybridized carbons (Fsp3) is 0.208. The van der Waals surface area contributed by atoms with Crippen LogP contribution in [0.1, 0.15) is 22.3 Å². The Kier molecular flexibility index (Phi) is 5.66. The summed E-state index contributed by atoms with van der Waals surface area (Å²) >= 11 is 0. The standard InChI is InChI=1S/C24H23N3O2/c28-23-12-15-26(16-17-27(23)18-19-10-13-25-14-11-19)24(29)22-8-6-21(7-9-22)20-4-2-1-3-5-20/h1-11,13-14H,12,15-18H2. The summed E-state index contributed by atoms with van der Waals surface area (Å²) in [6.45, 7) is 2.07. The van der Waals surface area contributed by atoms with Crippen molar-refractivity contribution in [3.05, 3.63) is 90.3 Å². The first-order valence-corrected chi connectivity index (χ1v) is 9.82. The third kappa shape index (κ3) is 4.51. The van der Waals surface area contributed by atoms with E-state index in [4.69, 9.17) is 0 Å². The van der Waals surface area contributed by atoms with Crippen molar-refractivity contribution in [1.29, 1.82) is 0 Å². The molecule has 1 saturated heterocycles. The van der Waals surface area contributed by atoms with Gasteiger partial charge >= 0.3 is 0 Å². The van der Waals surface area contributed by atoms with Crippen LogP contribution in [0.3, 0.4) is 0 Å². The molecule has 0 spiro atoms. The van der Waals surface area contributed by atoms with Crippen LogP contribution in [-0.4, -0.2) is 46.2 Å². The fourth-order valence-corrected chi connectivity index (χ4v) is 3.56. The zero-order valence-electron chi connectivity index (χ0n) is 16.2. The van der Waals surface area contributed by atoms with Gasteiger partial charge < -0.3 is 9.80 Å². The Bertz CT molecular complexity index is 972. The minimum absolute atomic E-state index is 0.0248. The normalized spacial score (nSPS) is 14.6. The van der Waals surface area contributed by atoms with Crippen molar-refractivity contribution in [3.63, 3.8) is 0 Å². The number of carbonyl (C=O) groups is 2. The Hall–Kier alpha value is -3.47. The molecule has 1 aliphatic heterocycles. The van der Waals surface area contributed by atoms with Gasteiger partial charge in [0.15, 0.2) is 0 Å². The van der Waals surface area contributed by atoms with Crippen LogP contribution in [0, 0.1) is 0 Å². The monoisotopic (exact) mass is 385 g/mol. The molecular weight excluding hydrogens is 362 g/mol. The molecule has 0 N–H and O–H groups in total. The van der Waals surface area contributed by atoms with Crippen molar-refractivity contribution < 1.29 is 9.59 Å². The summed E-state index contributed by atoms with van der Waals surface area (Å²) in [5.74, 6) is 0.0553. The van der Waals surface area contributed by atoms with Gasteiger partial charge in [0, 0.05) is 50.6 Å². The molecule has 0 radical (unpaired) electrons. The molecule has 3 aromatic rings. The molecule has 4 rings (SSSR count). The smallest absolute Gasteiger partial charge is 0.253 e. The molecule has 2 aromatic carbocycles. The molecule has 1 aliphatic rings. The highest BCUT2D eigenvalue weighted by atomic mass is 16.2. The van der Waals surface area contributed by atoms with Gasteiger partial charge in [-0.2, -0.15) is 0 Å². The number of aromatic nitrogens is 1. The van der Waals surface area contributed by atoms with E-state index < -0.39 is 0 Å². The maximum absolute atomic E-state index is 13.0. The molecule has 0 aliphatic carbocycles. The first-order chi connectivity index (χ1) is 14.2. The van der Waals surface area contributed by atoms with Crippen molar-refractivity contribution in [3.8, 4) is 11.1 Å². The van der Waals surface area contributed by atoms with Gasteiger partial charge in [0.25, 0.3) is 5.91 Å². The summed E-state index contributed by atoms with van der Waals surface area (Å²) in [6, 6.07) is 21.6. The summed E-state index contributed by atoms with van der Waals surface area (Å²) in [6.07, 6.45) is 3.80. The first kappa shape index (κ1) is 18.9. The Labute approximate surface area is 170 Å². The van der Waals surface area contributed by atoms with Crippen LogP contribution in [0.2, 0.25) is 0 Å². The highest BCUT2D eigenvalue weighted by molar-refractivity contribution is 5.95. The van der Waals surface area contributed by atoms with Crippen molar-refractivity contribution in [2.45, 2.75) is 13.0 Å². The van der Waals surface area contributed by atoms with Crippen molar-refractivity contribution in [2.75, 3.05) is 19.6 Å². The number of benzene rings is 2. The lowest BCUT2D eigenvalue weighted by molar-refractivity contribution is -0.130. The van der Waals surface area contributed by atoms with Crippen molar-refractivity contribution in [2.24, 2.45) is 0 Å². The molecule has 5 nitrogen and oxygen atoms in total. The number of amides is 2. The lowest BCUT2D eigenvalue weighted by Crippen LogP contribution is -2.35. The molecule has 2 heterocycles. The third-order valence-corrected chi connectivity index (χ3v) is 5.24. The van der Waals surface area contributed by atoms with Crippen LogP contribution >= 0.6 is 0 Å². The maximum Gasteiger partial charge on any atom is 0.253 e. The van der Waals surface area contributed by atoms with E-state index in [9.17, 15) is 9.59 Å². The van der Waals surface area contributed by atoms with Gasteiger partial charge in [-0.3, -0.25) is 14.6 Å². The molecule has 1 aromatic heterocycles. The van der Waals surface area contributed by atoms with E-state index in [1.54, 1.807) is 17.3 Å². The summed E-state index contributed by atoms with van der Waals surface area (Å²) in [5.41, 5.74) is 3.90. The SMILES string of the molecule is O=C1CCN(C(=O)c2ccc(-c3ccccc3)cc2)CCN1Cc1ccncc1. The summed E-state index contributed by atoms with van der Waals surface area (Å²) in [7, 11) is 0. The number of nitrogens with zero attached hydrogens (tertiary/aromatic N) is 3. The Morgan fingerprint density at radius 1 is 0.828 bits per heavy atom. The van der Waals surface area contributed by atoms with Gasteiger partial charge in [-0.25, -0.2) is 0 Å². The average Bonchev–Trinajstić information content (AvgIpc) is 2.96. The average molecular weight is 385 g/mol. The fourth-order valence-electron chi connectivity index (χ4n) is 3.56. The minimum atomic E-state index is -0.0248. The highest BCUT2D eigenvalue weighted by Crippen LogP contribution is 2.20. The van der Waals surface area contributed by atoms with Crippen LogP contribution in [0.25, 0.3) is 11.1 Å². The summed E-state index contributed by atoms with van der Waals surface area (Å²) in [5, 5.41) is 0. The second-order valence-electron chi connectivity index (χ2n) is 7.16. The number of carbonyl (C=O) groups excluding carboxylic acids is 2. The topological polar surface area (TPSA) is 53.5 Å². The van der Waals surface area contributed by atoms with Crippen LogP contribution in [0.4, 0.5) is 0 Å². The summed E-state index contributed by atoms with van der Waals surface area (Å²) < 4.78 is 0. The number of hydrogen-bond acceptors (Lipinski definition) is 3. The van der Waals surface area contributed by atoms with Gasteiger partial charge in [0.05, 0.1) is 0 Å². The second-order valence-corrected chi connectivity index (χ2v) is 7.16. The predicted octanol–water partition coefficient (Wildman–Crippen LogP) is 3.62. The molecule has 1 fully saturated rings. The molecule has 146 valence electrons. The number of rotatable bonds is 4. The van der Waals surface area contributed by atoms with Crippen LogP contribution < -0.4 is 0 Å². The number of pyridine rings is 1. The second kappa shape index (κ2) is 8.69. The highest BCUT2D eigenvalue weighted by Gasteiger charge is 2.24. The molecule has 2 amide bonds. The van der Waals surface area contributed by atoms with Crippen LogP contribution in [-0.2, 0) is 11.3 Å².